The van der Waals surface area contributed by atoms with Gasteiger partial charge in [0.15, 0.2) is 5.11 Å². The highest BCUT2D eigenvalue weighted by Gasteiger charge is 2.11. The molecule has 2 amide bonds. The van der Waals surface area contributed by atoms with Gasteiger partial charge in [-0.2, -0.15) is 0 Å². The SMILES string of the molecule is COc1ccccc1C(=O)NNC(=S)NC(=O)C=Cc1ccccc1. The fraction of sp³-hybridized carbons (Fsp3) is 0.0556. The molecule has 0 saturated heterocycles. The number of ether oxygens (including phenoxy) is 1. The summed E-state index contributed by atoms with van der Waals surface area (Å²) in [7, 11) is 1.48. The van der Waals surface area contributed by atoms with Crippen LogP contribution in [0.2, 0.25) is 0 Å². The highest BCUT2D eigenvalue weighted by molar-refractivity contribution is 7.80. The van der Waals surface area contributed by atoms with Crippen LogP contribution in [0, 0.1) is 0 Å². The fourth-order valence-electron chi connectivity index (χ4n) is 1.93. The van der Waals surface area contributed by atoms with Gasteiger partial charge in [-0.15, -0.1) is 0 Å². The first-order valence-electron chi connectivity index (χ1n) is 7.37. The molecule has 0 unspecified atom stereocenters. The van der Waals surface area contributed by atoms with Crippen molar-refractivity contribution in [3.05, 3.63) is 71.8 Å². The van der Waals surface area contributed by atoms with E-state index in [0.29, 0.717) is 11.3 Å². The van der Waals surface area contributed by atoms with E-state index in [1.54, 1.807) is 30.3 Å². The van der Waals surface area contributed by atoms with E-state index in [0.717, 1.165) is 5.56 Å². The quantitative estimate of drug-likeness (QED) is 0.444. The van der Waals surface area contributed by atoms with Crippen LogP contribution in [-0.4, -0.2) is 24.0 Å². The minimum absolute atomic E-state index is 0.0223. The Morgan fingerprint density at radius 3 is 2.40 bits per heavy atom. The lowest BCUT2D eigenvalue weighted by Crippen LogP contribution is -2.48. The molecule has 0 aliphatic carbocycles. The van der Waals surface area contributed by atoms with Crippen LogP contribution < -0.4 is 20.9 Å². The van der Waals surface area contributed by atoms with Gasteiger partial charge in [0.1, 0.15) is 5.75 Å². The summed E-state index contributed by atoms with van der Waals surface area (Å²) < 4.78 is 5.11. The maximum atomic E-state index is 12.1. The van der Waals surface area contributed by atoms with Gasteiger partial charge < -0.3 is 4.74 Å². The first-order valence-corrected chi connectivity index (χ1v) is 7.78. The Hall–Kier alpha value is -3.19. The van der Waals surface area contributed by atoms with E-state index in [2.05, 4.69) is 16.2 Å². The zero-order valence-electron chi connectivity index (χ0n) is 13.5. The van der Waals surface area contributed by atoms with Crippen molar-refractivity contribution >= 4 is 35.2 Å². The number of para-hydroxylation sites is 1. The molecule has 2 aromatic rings. The molecular weight excluding hydrogens is 338 g/mol. The van der Waals surface area contributed by atoms with Crippen LogP contribution in [0.4, 0.5) is 0 Å². The van der Waals surface area contributed by atoms with Gasteiger partial charge in [0.2, 0.25) is 5.91 Å². The van der Waals surface area contributed by atoms with Crippen LogP contribution in [-0.2, 0) is 4.79 Å². The number of hydrazine groups is 1. The lowest BCUT2D eigenvalue weighted by molar-refractivity contribution is -0.115. The number of methoxy groups -OCH3 is 1. The molecule has 25 heavy (non-hydrogen) atoms. The monoisotopic (exact) mass is 355 g/mol. The van der Waals surface area contributed by atoms with E-state index >= 15 is 0 Å². The third-order valence-electron chi connectivity index (χ3n) is 3.10. The summed E-state index contributed by atoms with van der Waals surface area (Å²) in [5.74, 6) is -0.413. The second-order valence-corrected chi connectivity index (χ2v) is 5.25. The number of carbonyl (C=O) groups is 2. The maximum absolute atomic E-state index is 12.1. The summed E-state index contributed by atoms with van der Waals surface area (Å²) in [6.07, 6.45) is 3.01. The minimum atomic E-state index is -0.436. The van der Waals surface area contributed by atoms with Crippen molar-refractivity contribution in [2.75, 3.05) is 7.11 Å². The number of rotatable bonds is 4. The zero-order chi connectivity index (χ0) is 18.1. The van der Waals surface area contributed by atoms with Gasteiger partial charge in [-0.3, -0.25) is 25.8 Å². The van der Waals surface area contributed by atoms with Crippen LogP contribution >= 0.6 is 12.2 Å². The second kappa shape index (κ2) is 9.19. The third-order valence-corrected chi connectivity index (χ3v) is 3.31. The first kappa shape index (κ1) is 18.2. The second-order valence-electron chi connectivity index (χ2n) is 4.84. The van der Waals surface area contributed by atoms with Crippen molar-refractivity contribution < 1.29 is 14.3 Å². The first-order chi connectivity index (χ1) is 12.1. The number of nitrogens with one attached hydrogen (secondary N) is 3. The molecule has 0 aromatic heterocycles. The molecule has 7 heteroatoms. The van der Waals surface area contributed by atoms with Gasteiger partial charge in [0, 0.05) is 6.08 Å². The summed E-state index contributed by atoms with van der Waals surface area (Å²) >= 11 is 4.97. The molecule has 0 aliphatic heterocycles. The smallest absolute Gasteiger partial charge is 0.273 e. The van der Waals surface area contributed by atoms with Crippen LogP contribution in [0.3, 0.4) is 0 Å². The van der Waals surface area contributed by atoms with E-state index in [9.17, 15) is 9.59 Å². The summed E-state index contributed by atoms with van der Waals surface area (Å²) in [6, 6.07) is 16.1. The molecule has 0 spiro atoms. The number of benzene rings is 2. The van der Waals surface area contributed by atoms with E-state index in [-0.39, 0.29) is 5.11 Å². The molecule has 0 saturated carbocycles. The normalized spacial score (nSPS) is 10.1. The standard InChI is InChI=1S/C18H17N3O3S/c1-24-15-10-6-5-9-14(15)17(23)20-21-18(25)19-16(22)12-11-13-7-3-2-4-8-13/h2-12H,1H3,(H,20,23)(H2,19,21,22,25). The van der Waals surface area contributed by atoms with Crippen LogP contribution in [0.1, 0.15) is 15.9 Å². The van der Waals surface area contributed by atoms with Gasteiger partial charge in [-0.1, -0.05) is 42.5 Å². The summed E-state index contributed by atoms with van der Waals surface area (Å²) in [4.78, 5) is 23.9. The van der Waals surface area contributed by atoms with E-state index < -0.39 is 11.8 Å². The molecule has 3 N–H and O–H groups in total. The maximum Gasteiger partial charge on any atom is 0.273 e. The van der Waals surface area contributed by atoms with E-state index in [1.807, 2.05) is 30.3 Å². The molecule has 0 radical (unpaired) electrons. The Morgan fingerprint density at radius 2 is 1.68 bits per heavy atom. The summed E-state index contributed by atoms with van der Waals surface area (Å²) in [6.45, 7) is 0. The number of carbonyl (C=O) groups excluding carboxylic acids is 2. The largest absolute Gasteiger partial charge is 0.496 e. The Kier molecular flexibility index (Phi) is 6.67. The van der Waals surface area contributed by atoms with Gasteiger partial charge in [-0.05, 0) is 36.0 Å². The topological polar surface area (TPSA) is 79.5 Å². The van der Waals surface area contributed by atoms with Crippen LogP contribution in [0.15, 0.2) is 60.7 Å². The highest BCUT2D eigenvalue weighted by atomic mass is 32.1. The van der Waals surface area contributed by atoms with Gasteiger partial charge in [-0.25, -0.2) is 0 Å². The molecule has 0 bridgehead atoms. The minimum Gasteiger partial charge on any atom is -0.496 e. The lowest BCUT2D eigenvalue weighted by atomic mass is 10.2. The fourth-order valence-corrected chi connectivity index (χ4v) is 2.09. The van der Waals surface area contributed by atoms with Crippen molar-refractivity contribution in [1.29, 1.82) is 0 Å². The van der Waals surface area contributed by atoms with Crippen molar-refractivity contribution in [3.8, 4) is 5.75 Å². The molecule has 0 atom stereocenters. The molecule has 0 heterocycles. The number of thiocarbonyl (C=S) groups is 1. The molecule has 6 nitrogen and oxygen atoms in total. The molecular formula is C18H17N3O3S. The average molecular weight is 355 g/mol. The van der Waals surface area contributed by atoms with Crippen molar-refractivity contribution in [3.63, 3.8) is 0 Å². The van der Waals surface area contributed by atoms with Crippen molar-refractivity contribution in [2.45, 2.75) is 0 Å². The third kappa shape index (κ3) is 5.74. The van der Waals surface area contributed by atoms with Gasteiger partial charge in [0.25, 0.3) is 5.91 Å². The highest BCUT2D eigenvalue weighted by Crippen LogP contribution is 2.16. The summed E-state index contributed by atoms with van der Waals surface area (Å²) in [5.41, 5.74) is 6.11. The van der Waals surface area contributed by atoms with E-state index in [1.165, 1.54) is 13.2 Å². The van der Waals surface area contributed by atoms with Crippen LogP contribution in [0.5, 0.6) is 5.75 Å². The number of hydrogen-bond donors (Lipinski definition) is 3. The molecule has 0 fully saturated rings. The Labute approximate surface area is 150 Å². The molecule has 2 rings (SSSR count). The van der Waals surface area contributed by atoms with Crippen LogP contribution in [0.25, 0.3) is 6.08 Å². The zero-order valence-corrected chi connectivity index (χ0v) is 14.3. The summed E-state index contributed by atoms with van der Waals surface area (Å²) in [5, 5.41) is 2.41. The predicted molar refractivity (Wildman–Crippen MR) is 99.8 cm³/mol. The van der Waals surface area contributed by atoms with Crippen molar-refractivity contribution in [1.82, 2.24) is 16.2 Å². The van der Waals surface area contributed by atoms with Crippen molar-refractivity contribution in [2.24, 2.45) is 0 Å². The predicted octanol–water partition coefficient (Wildman–Crippen LogP) is 2.04. The van der Waals surface area contributed by atoms with E-state index in [4.69, 9.17) is 17.0 Å². The Balaban J connectivity index is 1.83. The molecule has 0 aliphatic rings. The van der Waals surface area contributed by atoms with Gasteiger partial charge >= 0.3 is 0 Å². The number of hydrogen-bond acceptors (Lipinski definition) is 4. The lowest BCUT2D eigenvalue weighted by Gasteiger charge is -2.11. The molecule has 2 aromatic carbocycles. The van der Waals surface area contributed by atoms with Gasteiger partial charge in [0.05, 0.1) is 12.7 Å². The molecule has 128 valence electrons. The Morgan fingerprint density at radius 1 is 1.00 bits per heavy atom. The average Bonchev–Trinajstić information content (AvgIpc) is 2.65. The Bertz CT molecular complexity index is 791. The number of amides is 2.